The minimum Gasteiger partial charge on any atom is -0.270 e. The second-order valence-corrected chi connectivity index (χ2v) is 9.15. The van der Waals surface area contributed by atoms with Crippen LogP contribution in [-0.4, -0.2) is 29.6 Å². The van der Waals surface area contributed by atoms with Crippen molar-refractivity contribution < 1.29 is 8.42 Å². The number of sulfonamides is 1. The van der Waals surface area contributed by atoms with E-state index in [4.69, 9.17) is 0 Å². The largest absolute Gasteiger partial charge is 0.270 e. The number of rotatable bonds is 5. The summed E-state index contributed by atoms with van der Waals surface area (Å²) in [5.41, 5.74) is 3.04. The molecule has 1 aromatic carbocycles. The number of benzene rings is 1. The molecule has 2 aromatic rings. The third kappa shape index (κ3) is 3.70. The van der Waals surface area contributed by atoms with Crippen molar-refractivity contribution in [3.63, 3.8) is 0 Å². The third-order valence-corrected chi connectivity index (χ3v) is 6.14. The lowest BCUT2D eigenvalue weighted by molar-refractivity contribution is 0.465. The summed E-state index contributed by atoms with van der Waals surface area (Å²) in [7, 11) is -1.91. The van der Waals surface area contributed by atoms with Gasteiger partial charge in [-0.05, 0) is 37.0 Å². The van der Waals surface area contributed by atoms with E-state index in [2.05, 4.69) is 25.9 Å². The van der Waals surface area contributed by atoms with Crippen molar-refractivity contribution in [3.8, 4) is 0 Å². The van der Waals surface area contributed by atoms with E-state index in [1.54, 1.807) is 25.4 Å². The highest BCUT2D eigenvalue weighted by Gasteiger charge is 2.23. The van der Waals surface area contributed by atoms with Crippen LogP contribution in [0.25, 0.3) is 0 Å². The van der Waals surface area contributed by atoms with Crippen molar-refractivity contribution in [1.29, 1.82) is 0 Å². The molecule has 2 rings (SSSR count). The highest BCUT2D eigenvalue weighted by atomic mass is 32.2. The molecule has 0 aliphatic heterocycles. The lowest BCUT2D eigenvalue weighted by Gasteiger charge is -2.21. The van der Waals surface area contributed by atoms with Gasteiger partial charge in [-0.2, -0.15) is 9.40 Å². The van der Waals surface area contributed by atoms with Crippen LogP contribution in [0.3, 0.4) is 0 Å². The van der Waals surface area contributed by atoms with Gasteiger partial charge in [0, 0.05) is 31.4 Å². The first-order valence-electron chi connectivity index (χ1n) is 8.15. The molecule has 0 fully saturated rings. The zero-order chi connectivity index (χ0) is 18.1. The number of nitrogens with zero attached hydrogens (tertiary/aromatic N) is 3. The summed E-state index contributed by atoms with van der Waals surface area (Å²) in [6, 6.07) is 7.16. The summed E-state index contributed by atoms with van der Waals surface area (Å²) >= 11 is 0. The maximum absolute atomic E-state index is 12.8. The van der Waals surface area contributed by atoms with Crippen LogP contribution in [0.4, 0.5) is 0 Å². The second-order valence-electron chi connectivity index (χ2n) is 7.11. The molecule has 0 saturated heterocycles. The number of hydrogen-bond acceptors (Lipinski definition) is 3. The van der Waals surface area contributed by atoms with E-state index in [-0.39, 0.29) is 5.41 Å². The third-order valence-electron chi connectivity index (χ3n) is 4.33. The first-order valence-corrected chi connectivity index (χ1v) is 9.59. The van der Waals surface area contributed by atoms with Crippen LogP contribution in [0.2, 0.25) is 0 Å². The van der Waals surface area contributed by atoms with Crippen molar-refractivity contribution in [2.45, 2.75) is 58.0 Å². The maximum Gasteiger partial charge on any atom is 0.243 e. The molecule has 0 unspecified atom stereocenters. The fraction of sp³-hybridized carbons (Fsp3) is 0.500. The van der Waals surface area contributed by atoms with E-state index >= 15 is 0 Å². The lowest BCUT2D eigenvalue weighted by atomic mass is 9.87. The van der Waals surface area contributed by atoms with Gasteiger partial charge in [-0.1, -0.05) is 32.9 Å². The Morgan fingerprint density at radius 3 is 2.21 bits per heavy atom. The minimum atomic E-state index is -3.52. The van der Waals surface area contributed by atoms with Crippen molar-refractivity contribution in [2.24, 2.45) is 0 Å². The zero-order valence-electron chi connectivity index (χ0n) is 15.4. The molecule has 24 heavy (non-hydrogen) atoms. The molecular weight excluding hydrogens is 322 g/mol. The molecule has 0 radical (unpaired) electrons. The second kappa shape index (κ2) is 6.69. The first kappa shape index (κ1) is 18.7. The fourth-order valence-electron chi connectivity index (χ4n) is 2.59. The van der Waals surface area contributed by atoms with Crippen molar-refractivity contribution in [1.82, 2.24) is 14.1 Å². The van der Waals surface area contributed by atoms with Gasteiger partial charge in [-0.3, -0.25) is 4.68 Å². The summed E-state index contributed by atoms with van der Waals surface area (Å²) in [5.74, 6) is 0. The van der Waals surface area contributed by atoms with E-state index in [1.807, 2.05) is 30.7 Å². The Labute approximate surface area is 145 Å². The van der Waals surface area contributed by atoms with Crippen LogP contribution < -0.4 is 0 Å². The summed E-state index contributed by atoms with van der Waals surface area (Å²) in [6.07, 6.45) is 1.74. The highest BCUT2D eigenvalue weighted by Crippen LogP contribution is 2.25. The zero-order valence-corrected chi connectivity index (χ0v) is 16.2. The molecule has 1 heterocycles. The van der Waals surface area contributed by atoms with Gasteiger partial charge < -0.3 is 0 Å². The predicted octanol–water partition coefficient (Wildman–Crippen LogP) is 3.33. The standard InChI is InChI=1S/C18H27N3O2S/c1-7-21-14(2)15(12-19-21)13-20(6)24(22,23)17-10-8-16(9-11-17)18(3,4)5/h8-12H,7,13H2,1-6H3. The topological polar surface area (TPSA) is 55.2 Å². The Hall–Kier alpha value is -1.66. The number of aryl methyl sites for hydroxylation is 1. The molecule has 5 nitrogen and oxygen atoms in total. The van der Waals surface area contributed by atoms with E-state index in [0.29, 0.717) is 11.4 Å². The monoisotopic (exact) mass is 349 g/mol. The van der Waals surface area contributed by atoms with E-state index < -0.39 is 10.0 Å². The van der Waals surface area contributed by atoms with Crippen molar-refractivity contribution >= 4 is 10.0 Å². The van der Waals surface area contributed by atoms with Crippen LogP contribution >= 0.6 is 0 Å². The van der Waals surface area contributed by atoms with E-state index in [9.17, 15) is 8.42 Å². The van der Waals surface area contributed by atoms with Crippen LogP contribution in [-0.2, 0) is 28.5 Å². The summed E-state index contributed by atoms with van der Waals surface area (Å²) in [5, 5.41) is 4.28. The Morgan fingerprint density at radius 1 is 1.17 bits per heavy atom. The molecule has 0 N–H and O–H groups in total. The Bertz CT molecular complexity index is 800. The average Bonchev–Trinajstić information content (AvgIpc) is 2.86. The quantitative estimate of drug-likeness (QED) is 0.832. The molecule has 0 aliphatic carbocycles. The molecule has 0 aliphatic rings. The highest BCUT2D eigenvalue weighted by molar-refractivity contribution is 7.89. The molecule has 6 heteroatoms. The fourth-order valence-corrected chi connectivity index (χ4v) is 3.74. The smallest absolute Gasteiger partial charge is 0.243 e. The summed E-state index contributed by atoms with van der Waals surface area (Å²) < 4.78 is 28.8. The summed E-state index contributed by atoms with van der Waals surface area (Å²) in [6.45, 7) is 11.4. The maximum atomic E-state index is 12.8. The summed E-state index contributed by atoms with van der Waals surface area (Å²) in [4.78, 5) is 0.318. The lowest BCUT2D eigenvalue weighted by Crippen LogP contribution is -2.27. The van der Waals surface area contributed by atoms with Crippen LogP contribution in [0, 0.1) is 6.92 Å². The van der Waals surface area contributed by atoms with Gasteiger partial charge in [-0.25, -0.2) is 8.42 Å². The molecule has 0 saturated carbocycles. The van der Waals surface area contributed by atoms with Crippen molar-refractivity contribution in [2.75, 3.05) is 7.05 Å². The predicted molar refractivity (Wildman–Crippen MR) is 96.4 cm³/mol. The molecular formula is C18H27N3O2S. The molecule has 0 spiro atoms. The average molecular weight is 350 g/mol. The van der Waals surface area contributed by atoms with Gasteiger partial charge >= 0.3 is 0 Å². The van der Waals surface area contributed by atoms with Gasteiger partial charge in [0.2, 0.25) is 10.0 Å². The van der Waals surface area contributed by atoms with Gasteiger partial charge in [-0.15, -0.1) is 0 Å². The molecule has 0 bridgehead atoms. The van der Waals surface area contributed by atoms with Gasteiger partial charge in [0.05, 0.1) is 11.1 Å². The normalized spacial score (nSPS) is 12.8. The van der Waals surface area contributed by atoms with Gasteiger partial charge in [0.15, 0.2) is 0 Å². The minimum absolute atomic E-state index is 0.0000401. The van der Waals surface area contributed by atoms with Crippen LogP contribution in [0.5, 0.6) is 0 Å². The van der Waals surface area contributed by atoms with E-state index in [0.717, 1.165) is 23.4 Å². The number of aromatic nitrogens is 2. The van der Waals surface area contributed by atoms with Gasteiger partial charge in [0.1, 0.15) is 0 Å². The Balaban J connectivity index is 2.24. The molecule has 132 valence electrons. The molecule has 1 aromatic heterocycles. The van der Waals surface area contributed by atoms with Crippen LogP contribution in [0.1, 0.15) is 44.5 Å². The van der Waals surface area contributed by atoms with Gasteiger partial charge in [0.25, 0.3) is 0 Å². The Kier molecular flexibility index (Phi) is 5.20. The number of hydrogen-bond donors (Lipinski definition) is 0. The SMILES string of the molecule is CCn1ncc(CN(C)S(=O)(=O)c2ccc(C(C)(C)C)cc2)c1C. The van der Waals surface area contributed by atoms with Crippen molar-refractivity contribution in [3.05, 3.63) is 47.3 Å². The molecule has 0 amide bonds. The first-order chi connectivity index (χ1) is 11.1. The van der Waals surface area contributed by atoms with Crippen LogP contribution in [0.15, 0.2) is 35.4 Å². The molecule has 0 atom stereocenters. The Morgan fingerprint density at radius 2 is 1.75 bits per heavy atom. The van der Waals surface area contributed by atoms with E-state index in [1.165, 1.54) is 4.31 Å².